The summed E-state index contributed by atoms with van der Waals surface area (Å²) >= 11 is 11.5. The van der Waals surface area contributed by atoms with Crippen LogP contribution in [-0.2, 0) is 0 Å². The lowest BCUT2D eigenvalue weighted by Gasteiger charge is -2.31. The first-order valence-corrected chi connectivity index (χ1v) is 10.7. The zero-order valence-electron chi connectivity index (χ0n) is 14.5. The summed E-state index contributed by atoms with van der Waals surface area (Å²) < 4.78 is 0.970. The van der Waals surface area contributed by atoms with E-state index in [1.165, 1.54) is 0 Å². The number of halogens is 2. The molecule has 4 aromatic rings. The Bertz CT molecular complexity index is 1260. The molecule has 0 saturated heterocycles. The van der Waals surface area contributed by atoms with Crippen molar-refractivity contribution in [1.29, 1.82) is 0 Å². The fourth-order valence-corrected chi connectivity index (χ4v) is 5.23. The summed E-state index contributed by atoms with van der Waals surface area (Å²) in [7, 11) is 0. The van der Waals surface area contributed by atoms with Gasteiger partial charge in [-0.3, -0.25) is 9.69 Å². The predicted octanol–water partition coefficient (Wildman–Crippen LogP) is 7.70. The highest BCUT2D eigenvalue weighted by molar-refractivity contribution is 9.10. The van der Waals surface area contributed by atoms with Crippen LogP contribution in [0.2, 0.25) is 5.02 Å². The molecular weight excluding hydrogens is 454 g/mol. The van der Waals surface area contributed by atoms with Crippen LogP contribution in [-0.4, -0.2) is 5.91 Å². The van der Waals surface area contributed by atoms with Gasteiger partial charge in [0.05, 0.1) is 11.4 Å². The molecule has 1 amide bonds. The Balaban J connectivity index is 1.75. The van der Waals surface area contributed by atoms with Gasteiger partial charge in [-0.1, -0.05) is 75.7 Å². The number of benzene rings is 4. The van der Waals surface area contributed by atoms with Gasteiger partial charge in [0.1, 0.15) is 0 Å². The summed E-state index contributed by atoms with van der Waals surface area (Å²) in [5, 5.41) is 2.54. The molecule has 1 aliphatic rings. The Labute approximate surface area is 180 Å². The molecule has 1 heterocycles. The number of nitrogens with zero attached hydrogens (tertiary/aromatic N) is 1. The van der Waals surface area contributed by atoms with Crippen LogP contribution < -0.4 is 4.90 Å². The number of rotatable bonds is 1. The highest BCUT2D eigenvalue weighted by atomic mass is 79.9. The number of fused-ring (bicyclic) bond motifs is 3. The Kier molecular flexibility index (Phi) is 4.43. The minimum absolute atomic E-state index is 0.0695. The van der Waals surface area contributed by atoms with Crippen LogP contribution in [0.5, 0.6) is 0 Å². The number of hydrogen-bond acceptors (Lipinski definition) is 2. The second-order valence-electron chi connectivity index (χ2n) is 6.46. The van der Waals surface area contributed by atoms with Crippen molar-refractivity contribution in [3.05, 3.63) is 93.9 Å². The molecule has 1 aliphatic heterocycles. The Morgan fingerprint density at radius 1 is 0.821 bits per heavy atom. The topological polar surface area (TPSA) is 20.3 Å². The van der Waals surface area contributed by atoms with Crippen LogP contribution in [0.15, 0.2) is 93.1 Å². The van der Waals surface area contributed by atoms with Crippen LogP contribution in [0.1, 0.15) is 10.4 Å². The van der Waals surface area contributed by atoms with Gasteiger partial charge in [-0.15, -0.1) is 0 Å². The fourth-order valence-electron chi connectivity index (χ4n) is 3.53. The standard InChI is InChI=1S/C23H13BrClNOS/c24-18-8-4-5-15-16(18)6-3-7-17(15)23(27)26-19-9-1-2-10-21(19)28-22-12-11-14(25)13-20(22)26/h1-13H. The molecule has 0 spiro atoms. The van der Waals surface area contributed by atoms with Gasteiger partial charge in [0.15, 0.2) is 0 Å². The minimum Gasteiger partial charge on any atom is -0.275 e. The minimum atomic E-state index is -0.0695. The molecule has 4 aromatic carbocycles. The van der Waals surface area contributed by atoms with E-state index < -0.39 is 0 Å². The third-order valence-corrected chi connectivity index (χ3v) is 6.85. The maximum absolute atomic E-state index is 13.8. The number of anilines is 2. The van der Waals surface area contributed by atoms with Crippen LogP contribution in [0.4, 0.5) is 11.4 Å². The lowest BCUT2D eigenvalue weighted by Crippen LogP contribution is -2.28. The molecule has 0 N–H and O–H groups in total. The number of hydrogen-bond donors (Lipinski definition) is 0. The van der Waals surface area contributed by atoms with Gasteiger partial charge in [0, 0.05) is 24.8 Å². The number of para-hydroxylation sites is 1. The van der Waals surface area contributed by atoms with E-state index in [1.807, 2.05) is 78.9 Å². The molecule has 0 saturated carbocycles. The first-order valence-electron chi connectivity index (χ1n) is 8.71. The van der Waals surface area contributed by atoms with E-state index in [2.05, 4.69) is 15.9 Å². The number of amides is 1. The SMILES string of the molecule is O=C(c1cccc2c(Br)cccc12)N1c2ccccc2Sc2ccc(Cl)cc21. The van der Waals surface area contributed by atoms with Crippen molar-refractivity contribution in [3.8, 4) is 0 Å². The van der Waals surface area contributed by atoms with E-state index in [-0.39, 0.29) is 5.91 Å². The molecule has 0 fully saturated rings. The molecular formula is C23H13BrClNOS. The predicted molar refractivity (Wildman–Crippen MR) is 120 cm³/mol. The van der Waals surface area contributed by atoms with Crippen molar-refractivity contribution in [1.82, 2.24) is 0 Å². The first kappa shape index (κ1) is 17.8. The second kappa shape index (κ2) is 6.96. The first-order chi connectivity index (χ1) is 13.6. The van der Waals surface area contributed by atoms with Crippen molar-refractivity contribution >= 4 is 67.3 Å². The summed E-state index contributed by atoms with van der Waals surface area (Å²) in [6, 6.07) is 25.4. The smallest absolute Gasteiger partial charge is 0.263 e. The van der Waals surface area contributed by atoms with E-state index in [0.29, 0.717) is 10.6 Å². The van der Waals surface area contributed by atoms with Crippen LogP contribution in [0, 0.1) is 0 Å². The molecule has 136 valence electrons. The highest BCUT2D eigenvalue weighted by Gasteiger charge is 2.30. The number of carbonyl (C=O) groups is 1. The molecule has 5 heteroatoms. The lowest BCUT2D eigenvalue weighted by molar-refractivity contribution is 0.1000. The largest absolute Gasteiger partial charge is 0.275 e. The normalized spacial score (nSPS) is 12.6. The van der Waals surface area contributed by atoms with E-state index in [9.17, 15) is 4.79 Å². The maximum Gasteiger partial charge on any atom is 0.263 e. The lowest BCUT2D eigenvalue weighted by atomic mass is 10.0. The van der Waals surface area contributed by atoms with Crippen molar-refractivity contribution < 1.29 is 4.79 Å². The Morgan fingerprint density at radius 3 is 2.46 bits per heavy atom. The molecule has 0 radical (unpaired) electrons. The monoisotopic (exact) mass is 465 g/mol. The van der Waals surface area contributed by atoms with Gasteiger partial charge in [-0.2, -0.15) is 0 Å². The van der Waals surface area contributed by atoms with E-state index in [1.54, 1.807) is 16.7 Å². The van der Waals surface area contributed by atoms with Gasteiger partial charge in [0.2, 0.25) is 0 Å². The van der Waals surface area contributed by atoms with Gasteiger partial charge in [-0.25, -0.2) is 0 Å². The van der Waals surface area contributed by atoms with Gasteiger partial charge in [-0.05, 0) is 53.2 Å². The quantitative estimate of drug-likeness (QED) is 0.286. The summed E-state index contributed by atoms with van der Waals surface area (Å²) in [6.07, 6.45) is 0. The molecule has 0 bridgehead atoms. The maximum atomic E-state index is 13.8. The zero-order valence-corrected chi connectivity index (χ0v) is 17.7. The molecule has 0 aliphatic carbocycles. The average Bonchev–Trinajstić information content (AvgIpc) is 2.71. The van der Waals surface area contributed by atoms with Crippen LogP contribution in [0.25, 0.3) is 10.8 Å². The Morgan fingerprint density at radius 2 is 1.57 bits per heavy atom. The summed E-state index contributed by atoms with van der Waals surface area (Å²) in [5.41, 5.74) is 2.35. The summed E-state index contributed by atoms with van der Waals surface area (Å²) in [4.78, 5) is 17.7. The summed E-state index contributed by atoms with van der Waals surface area (Å²) in [5.74, 6) is -0.0695. The molecule has 2 nitrogen and oxygen atoms in total. The van der Waals surface area contributed by atoms with Crippen molar-refractivity contribution in [2.24, 2.45) is 0 Å². The fraction of sp³-hybridized carbons (Fsp3) is 0. The Hall–Kier alpha value is -2.27. The third-order valence-electron chi connectivity index (χ3n) is 4.79. The third kappa shape index (κ3) is 2.84. The molecule has 5 rings (SSSR count). The molecule has 28 heavy (non-hydrogen) atoms. The average molecular weight is 467 g/mol. The van der Waals surface area contributed by atoms with Gasteiger partial charge in [0.25, 0.3) is 5.91 Å². The van der Waals surface area contributed by atoms with Crippen LogP contribution >= 0.6 is 39.3 Å². The molecule has 0 unspecified atom stereocenters. The van der Waals surface area contributed by atoms with Gasteiger partial charge < -0.3 is 0 Å². The summed E-state index contributed by atoms with van der Waals surface area (Å²) in [6.45, 7) is 0. The van der Waals surface area contributed by atoms with Gasteiger partial charge >= 0.3 is 0 Å². The molecule has 0 atom stereocenters. The molecule has 0 aromatic heterocycles. The van der Waals surface area contributed by atoms with E-state index >= 15 is 0 Å². The van der Waals surface area contributed by atoms with Crippen molar-refractivity contribution in [2.75, 3.05) is 4.90 Å². The highest BCUT2D eigenvalue weighted by Crippen LogP contribution is 2.49. The zero-order chi connectivity index (χ0) is 19.3. The number of carbonyl (C=O) groups excluding carboxylic acids is 1. The van der Waals surface area contributed by atoms with Crippen molar-refractivity contribution in [3.63, 3.8) is 0 Å². The van der Waals surface area contributed by atoms with E-state index in [0.717, 1.165) is 36.4 Å². The van der Waals surface area contributed by atoms with E-state index in [4.69, 9.17) is 11.6 Å². The van der Waals surface area contributed by atoms with Crippen LogP contribution in [0.3, 0.4) is 0 Å². The van der Waals surface area contributed by atoms with Crippen molar-refractivity contribution in [2.45, 2.75) is 9.79 Å². The second-order valence-corrected chi connectivity index (χ2v) is 8.84.